The van der Waals surface area contributed by atoms with E-state index >= 15 is 0 Å². The van der Waals surface area contributed by atoms with E-state index in [2.05, 4.69) is 26.8 Å². The smallest absolute Gasteiger partial charge is 0.263 e. The largest absolute Gasteiger partial charge is 0.382 e. The van der Waals surface area contributed by atoms with Gasteiger partial charge in [0.15, 0.2) is 11.9 Å². The molecule has 1 aromatic carbocycles. The highest BCUT2D eigenvalue weighted by atomic mass is 16.3. The van der Waals surface area contributed by atoms with Gasteiger partial charge < -0.3 is 15.7 Å². The van der Waals surface area contributed by atoms with E-state index in [1.165, 1.54) is 4.90 Å². The molecular formula is C22H23N5O2. The number of nitrogens with two attached hydrogens (primary N) is 1. The van der Waals surface area contributed by atoms with Crippen LogP contribution in [0.5, 0.6) is 0 Å². The van der Waals surface area contributed by atoms with Crippen LogP contribution >= 0.6 is 0 Å². The first-order valence-corrected chi connectivity index (χ1v) is 9.33. The van der Waals surface area contributed by atoms with Crippen LogP contribution in [0.3, 0.4) is 0 Å². The van der Waals surface area contributed by atoms with Crippen LogP contribution in [0.25, 0.3) is 22.3 Å². The molecule has 3 rings (SSSR count). The Kier molecular flexibility index (Phi) is 6.05. The SMILES string of the molecule is CCCN(C)C(=O)[C@H](O)C#Cc1cccc(-c2ncc3c(C)cnc(N)c3n2)c1. The maximum absolute atomic E-state index is 12.1. The first kappa shape index (κ1) is 20.2. The molecule has 0 unspecified atom stereocenters. The van der Waals surface area contributed by atoms with E-state index in [0.717, 1.165) is 22.9 Å². The van der Waals surface area contributed by atoms with Crippen LogP contribution in [0.2, 0.25) is 0 Å². The number of aromatic nitrogens is 3. The summed E-state index contributed by atoms with van der Waals surface area (Å²) in [6.07, 6.45) is 2.88. The zero-order valence-corrected chi connectivity index (χ0v) is 16.7. The predicted octanol–water partition coefficient (Wildman–Crippen LogP) is 2.16. The van der Waals surface area contributed by atoms with Gasteiger partial charge in [0.25, 0.3) is 5.91 Å². The zero-order valence-electron chi connectivity index (χ0n) is 16.7. The van der Waals surface area contributed by atoms with Gasteiger partial charge in [-0.1, -0.05) is 30.9 Å². The third-order valence-electron chi connectivity index (χ3n) is 4.50. The second-order valence-electron chi connectivity index (χ2n) is 6.79. The standard InChI is InChI=1S/C22H23N5O2/c1-4-10-27(3)22(29)18(28)9-8-15-6-5-7-16(11-15)21-25-13-17-14(2)12-24-20(23)19(17)26-21/h5-7,11-13,18,28H,4,10H2,1-3H3,(H2,23,24)/t18-/m1/s1. The number of carbonyl (C=O) groups excluding carboxylic acids is 1. The minimum Gasteiger partial charge on any atom is -0.382 e. The van der Waals surface area contributed by atoms with Crippen LogP contribution in [0, 0.1) is 18.8 Å². The molecule has 0 radical (unpaired) electrons. The molecule has 1 atom stereocenters. The molecule has 3 aromatic rings. The number of hydrogen-bond donors (Lipinski definition) is 2. The quantitative estimate of drug-likeness (QED) is 0.663. The van der Waals surface area contributed by atoms with E-state index in [0.29, 0.717) is 29.3 Å². The van der Waals surface area contributed by atoms with Gasteiger partial charge in [0.05, 0.1) is 0 Å². The lowest BCUT2D eigenvalue weighted by Gasteiger charge is -2.16. The Morgan fingerprint density at radius 2 is 2.10 bits per heavy atom. The lowest BCUT2D eigenvalue weighted by molar-refractivity contribution is -0.136. The molecule has 0 saturated carbocycles. The van der Waals surface area contributed by atoms with Gasteiger partial charge in [0.1, 0.15) is 11.3 Å². The number of aliphatic hydroxyl groups excluding tert-OH is 1. The third-order valence-corrected chi connectivity index (χ3v) is 4.50. The number of rotatable bonds is 4. The van der Waals surface area contributed by atoms with Crippen molar-refractivity contribution in [3.63, 3.8) is 0 Å². The van der Waals surface area contributed by atoms with Crippen LogP contribution < -0.4 is 5.73 Å². The average Bonchev–Trinajstić information content (AvgIpc) is 2.74. The number of nitrogens with zero attached hydrogens (tertiary/aromatic N) is 4. The summed E-state index contributed by atoms with van der Waals surface area (Å²) in [5.41, 5.74) is 8.92. The maximum atomic E-state index is 12.1. The summed E-state index contributed by atoms with van der Waals surface area (Å²) in [5, 5.41) is 10.9. The van der Waals surface area contributed by atoms with Gasteiger partial charge in [0, 0.05) is 42.5 Å². The molecule has 0 spiro atoms. The Balaban J connectivity index is 1.88. The number of anilines is 1. The number of aliphatic hydroxyl groups is 1. The third kappa shape index (κ3) is 4.50. The number of benzene rings is 1. The highest BCUT2D eigenvalue weighted by molar-refractivity contribution is 5.90. The summed E-state index contributed by atoms with van der Waals surface area (Å²) < 4.78 is 0. The topological polar surface area (TPSA) is 105 Å². The molecule has 2 heterocycles. The number of carbonyl (C=O) groups is 1. The minimum atomic E-state index is -1.36. The van der Waals surface area contributed by atoms with Crippen LogP contribution in [0.1, 0.15) is 24.5 Å². The van der Waals surface area contributed by atoms with Gasteiger partial charge in [-0.05, 0) is 31.0 Å². The van der Waals surface area contributed by atoms with E-state index in [1.54, 1.807) is 31.6 Å². The first-order valence-electron chi connectivity index (χ1n) is 9.33. The summed E-state index contributed by atoms with van der Waals surface area (Å²) in [6, 6.07) is 7.29. The van der Waals surface area contributed by atoms with Crippen LogP contribution in [0.15, 0.2) is 36.7 Å². The Bertz CT molecular complexity index is 1120. The Labute approximate surface area is 169 Å². The second kappa shape index (κ2) is 8.67. The van der Waals surface area contributed by atoms with Crippen molar-refractivity contribution in [1.82, 2.24) is 19.9 Å². The van der Waals surface area contributed by atoms with Gasteiger partial charge >= 0.3 is 0 Å². The van der Waals surface area contributed by atoms with E-state index in [1.807, 2.05) is 26.0 Å². The Morgan fingerprint density at radius 1 is 1.31 bits per heavy atom. The van der Waals surface area contributed by atoms with Gasteiger partial charge in [-0.2, -0.15) is 0 Å². The summed E-state index contributed by atoms with van der Waals surface area (Å²) in [6.45, 7) is 4.47. The van der Waals surface area contributed by atoms with Crippen molar-refractivity contribution in [3.8, 4) is 23.2 Å². The predicted molar refractivity (Wildman–Crippen MR) is 113 cm³/mol. The van der Waals surface area contributed by atoms with E-state index in [9.17, 15) is 9.90 Å². The number of nitrogen functional groups attached to an aromatic ring is 1. The van der Waals surface area contributed by atoms with Crippen molar-refractivity contribution < 1.29 is 9.90 Å². The minimum absolute atomic E-state index is 0.350. The number of amides is 1. The zero-order chi connectivity index (χ0) is 21.0. The highest BCUT2D eigenvalue weighted by Crippen LogP contribution is 2.23. The van der Waals surface area contributed by atoms with Crippen LogP contribution in [-0.4, -0.2) is 50.6 Å². The van der Waals surface area contributed by atoms with Gasteiger partial charge in [0.2, 0.25) is 0 Å². The maximum Gasteiger partial charge on any atom is 0.263 e. The molecule has 1 amide bonds. The summed E-state index contributed by atoms with van der Waals surface area (Å²) >= 11 is 0. The fourth-order valence-corrected chi connectivity index (χ4v) is 2.91. The summed E-state index contributed by atoms with van der Waals surface area (Å²) in [5.74, 6) is 5.90. The van der Waals surface area contributed by atoms with Crippen LogP contribution in [-0.2, 0) is 4.79 Å². The van der Waals surface area contributed by atoms with E-state index in [4.69, 9.17) is 5.73 Å². The molecule has 0 aliphatic carbocycles. The molecular weight excluding hydrogens is 366 g/mol. The molecule has 29 heavy (non-hydrogen) atoms. The normalized spacial score (nSPS) is 11.6. The molecule has 0 bridgehead atoms. The second-order valence-corrected chi connectivity index (χ2v) is 6.79. The summed E-state index contributed by atoms with van der Waals surface area (Å²) in [7, 11) is 1.65. The van der Waals surface area contributed by atoms with Crippen molar-refractivity contribution in [1.29, 1.82) is 0 Å². The van der Waals surface area contributed by atoms with Crippen molar-refractivity contribution >= 4 is 22.6 Å². The fraction of sp³-hybridized carbons (Fsp3) is 0.273. The monoisotopic (exact) mass is 389 g/mol. The van der Waals surface area contributed by atoms with Gasteiger partial charge in [-0.15, -0.1) is 0 Å². The molecule has 0 aliphatic rings. The fourth-order valence-electron chi connectivity index (χ4n) is 2.91. The van der Waals surface area contributed by atoms with Crippen LogP contribution in [0.4, 0.5) is 5.82 Å². The number of pyridine rings is 1. The number of aryl methyl sites for hydroxylation is 1. The average molecular weight is 389 g/mol. The van der Waals surface area contributed by atoms with Crippen molar-refractivity contribution in [3.05, 3.63) is 47.8 Å². The molecule has 0 fully saturated rings. The lowest BCUT2D eigenvalue weighted by Crippen LogP contribution is -2.36. The van der Waals surface area contributed by atoms with Gasteiger partial charge in [-0.25, -0.2) is 15.0 Å². The first-order chi connectivity index (χ1) is 13.9. The van der Waals surface area contributed by atoms with Crippen molar-refractivity contribution in [2.45, 2.75) is 26.4 Å². The number of hydrogen-bond acceptors (Lipinski definition) is 6. The Morgan fingerprint density at radius 3 is 2.86 bits per heavy atom. The molecule has 7 heteroatoms. The van der Waals surface area contributed by atoms with E-state index in [-0.39, 0.29) is 0 Å². The number of likely N-dealkylation sites (N-methyl/N-ethyl adjacent to an activating group) is 1. The molecule has 0 saturated heterocycles. The highest BCUT2D eigenvalue weighted by Gasteiger charge is 2.16. The van der Waals surface area contributed by atoms with Crippen molar-refractivity contribution in [2.24, 2.45) is 0 Å². The molecule has 3 N–H and O–H groups in total. The summed E-state index contributed by atoms with van der Waals surface area (Å²) in [4.78, 5) is 26.7. The molecule has 148 valence electrons. The number of fused-ring (bicyclic) bond motifs is 1. The molecule has 2 aromatic heterocycles. The lowest BCUT2D eigenvalue weighted by atomic mass is 10.1. The van der Waals surface area contributed by atoms with Gasteiger partial charge in [-0.3, -0.25) is 4.79 Å². The van der Waals surface area contributed by atoms with Crippen molar-refractivity contribution in [2.75, 3.05) is 19.3 Å². The molecule has 7 nitrogen and oxygen atoms in total. The Hall–Kier alpha value is -3.50. The molecule has 0 aliphatic heterocycles. The van der Waals surface area contributed by atoms with E-state index < -0.39 is 12.0 Å².